The maximum Gasteiger partial charge on any atom is 1.00 e. The Morgan fingerprint density at radius 1 is 1.47 bits per heavy atom. The van der Waals surface area contributed by atoms with Crippen LogP contribution in [0.1, 0.15) is 0 Å². The number of hydrogen-bond acceptors (Lipinski definition) is 13. The molecule has 1 aromatic rings. The molecule has 1 fully saturated rings. The molecule has 0 radical (unpaired) electrons. The summed E-state index contributed by atoms with van der Waals surface area (Å²) in [6, 6.07) is -1.13. The fourth-order valence-corrected chi connectivity index (χ4v) is 6.33. The van der Waals surface area contributed by atoms with Gasteiger partial charge in [0.05, 0.1) is 17.4 Å². The van der Waals surface area contributed by atoms with Crippen LogP contribution in [0.5, 0.6) is 0 Å². The van der Waals surface area contributed by atoms with Crippen molar-refractivity contribution in [3.8, 4) is 0 Å². The summed E-state index contributed by atoms with van der Waals surface area (Å²) >= 11 is 3.43. The molecule has 1 saturated heterocycles. The Labute approximate surface area is 228 Å². The number of nitrogens with zero attached hydrogens (tertiary/aromatic N) is 5. The summed E-state index contributed by atoms with van der Waals surface area (Å²) in [6.07, 6.45) is 0. The van der Waals surface area contributed by atoms with Crippen LogP contribution >= 0.6 is 35.3 Å². The van der Waals surface area contributed by atoms with E-state index in [-0.39, 0.29) is 58.3 Å². The Kier molecular flexibility index (Phi) is 10.3. The van der Waals surface area contributed by atoms with E-state index in [1.54, 1.807) is 7.05 Å². The minimum atomic E-state index is -1.75. The predicted molar refractivity (Wildman–Crippen MR) is 115 cm³/mol. The number of carbonyl (C=O) groups is 4. The molecule has 0 aliphatic carbocycles. The number of nitrogens with two attached hydrogens (primary N) is 1. The summed E-state index contributed by atoms with van der Waals surface area (Å²) in [7, 11) is 2.88. The van der Waals surface area contributed by atoms with Crippen LogP contribution < -0.4 is 45.7 Å². The normalized spacial score (nSPS) is 22.4. The first-order valence-corrected chi connectivity index (χ1v) is 12.5. The molecule has 14 nitrogen and oxygen atoms in total. The van der Waals surface area contributed by atoms with Gasteiger partial charge in [0.2, 0.25) is 11.1 Å². The Bertz CT molecular complexity index is 1010. The minimum Gasteiger partial charge on any atom is -0.543 e. The average molecular weight is 542 g/mol. The number of fused-ring (bicyclic) bond motifs is 1. The quantitative estimate of drug-likeness (QED) is 0.103. The van der Waals surface area contributed by atoms with E-state index in [9.17, 15) is 24.3 Å². The number of methoxy groups -OCH3 is 1. The van der Waals surface area contributed by atoms with Gasteiger partial charge < -0.3 is 30.8 Å². The summed E-state index contributed by atoms with van der Waals surface area (Å²) in [5, 5.41) is 33.9. The molecule has 3 atom stereocenters. The number of rotatable bonds is 11. The number of ether oxygens (including phenoxy) is 1. The number of β-lactam (4-membered cyclic amide) rings is 1. The molecule has 1 aromatic heterocycles. The Balaban J connectivity index is 0.00000408. The molecule has 0 unspecified atom stereocenters. The predicted octanol–water partition coefficient (Wildman–Crippen LogP) is -6.17. The number of nitrogens with one attached hydrogen (secondary N) is 1. The van der Waals surface area contributed by atoms with Gasteiger partial charge in [-0.2, -0.15) is 0 Å². The summed E-state index contributed by atoms with van der Waals surface area (Å²) in [5.74, 6) is -3.73. The molecule has 2 aliphatic rings. The Morgan fingerprint density at radius 2 is 2.18 bits per heavy atom. The number of tetrazole rings is 1. The van der Waals surface area contributed by atoms with Gasteiger partial charge in [-0.25, -0.2) is 4.68 Å². The van der Waals surface area contributed by atoms with Crippen LogP contribution in [-0.2, 0) is 31.0 Å². The summed E-state index contributed by atoms with van der Waals surface area (Å²) in [4.78, 5) is 49.1. The van der Waals surface area contributed by atoms with E-state index in [4.69, 9.17) is 15.6 Å². The monoisotopic (exact) mass is 541 g/mol. The number of thioether (sulfide) groups is 3. The van der Waals surface area contributed by atoms with E-state index in [1.165, 1.54) is 35.3 Å². The molecule has 2 aliphatic heterocycles. The van der Waals surface area contributed by atoms with Gasteiger partial charge in [0, 0.05) is 31.4 Å². The van der Waals surface area contributed by atoms with E-state index < -0.39 is 40.9 Å². The number of carboxylic acid groups (broad SMARTS) is 2. The molecule has 0 saturated carbocycles. The maximum absolute atomic E-state index is 13.0. The zero-order chi connectivity index (χ0) is 24.3. The molecular formula is C16H20N7NaO7S3. The first-order chi connectivity index (χ1) is 15.6. The van der Waals surface area contributed by atoms with Crippen molar-refractivity contribution in [2.75, 3.05) is 30.1 Å². The van der Waals surface area contributed by atoms with Crippen LogP contribution in [0.2, 0.25) is 0 Å². The third-order valence-corrected chi connectivity index (χ3v) is 8.29. The van der Waals surface area contributed by atoms with Gasteiger partial charge in [0.1, 0.15) is 11.4 Å². The molecule has 18 heteroatoms. The second kappa shape index (κ2) is 12.1. The number of aliphatic carboxylic acids is 2. The molecule has 0 spiro atoms. The van der Waals surface area contributed by atoms with Gasteiger partial charge in [0.15, 0.2) is 0 Å². The van der Waals surface area contributed by atoms with Gasteiger partial charge in [-0.1, -0.05) is 11.8 Å². The summed E-state index contributed by atoms with van der Waals surface area (Å²) in [6.45, 7) is 0. The van der Waals surface area contributed by atoms with Crippen molar-refractivity contribution in [3.63, 3.8) is 0 Å². The number of aromatic nitrogens is 4. The van der Waals surface area contributed by atoms with Gasteiger partial charge >= 0.3 is 35.5 Å². The van der Waals surface area contributed by atoms with Gasteiger partial charge in [-0.3, -0.25) is 19.3 Å². The Hall–Kier alpha value is -1.34. The molecule has 34 heavy (non-hydrogen) atoms. The maximum atomic E-state index is 13.0. The van der Waals surface area contributed by atoms with Crippen molar-refractivity contribution in [1.82, 2.24) is 30.4 Å². The SMILES string of the molecule is CO[C@@]1(NC(=O)CSC[C@H](N)C(=O)O)C(=O)N2C(C(=O)[O-])=C(CSc3nnnn3C)CS[C@@H]21.[Na+]. The zero-order valence-electron chi connectivity index (χ0n) is 18.4. The van der Waals surface area contributed by atoms with Crippen LogP contribution in [-0.4, -0.2) is 101 Å². The molecule has 2 amide bonds. The fraction of sp³-hybridized carbons (Fsp3) is 0.562. The van der Waals surface area contributed by atoms with Crippen LogP contribution in [0.25, 0.3) is 0 Å². The smallest absolute Gasteiger partial charge is 0.543 e. The zero-order valence-corrected chi connectivity index (χ0v) is 22.9. The molecule has 180 valence electrons. The Morgan fingerprint density at radius 3 is 2.74 bits per heavy atom. The minimum absolute atomic E-state index is 0. The van der Waals surface area contributed by atoms with E-state index >= 15 is 0 Å². The van der Waals surface area contributed by atoms with E-state index in [2.05, 4.69) is 20.8 Å². The third-order valence-electron chi connectivity index (χ3n) is 4.75. The van der Waals surface area contributed by atoms with Crippen molar-refractivity contribution in [2.24, 2.45) is 12.8 Å². The van der Waals surface area contributed by atoms with Crippen LogP contribution in [0.3, 0.4) is 0 Å². The first-order valence-electron chi connectivity index (χ1n) is 9.28. The largest absolute Gasteiger partial charge is 1.00 e. The van der Waals surface area contributed by atoms with E-state index in [1.807, 2.05) is 0 Å². The van der Waals surface area contributed by atoms with E-state index in [0.717, 1.165) is 16.7 Å². The van der Waals surface area contributed by atoms with Crippen molar-refractivity contribution in [3.05, 3.63) is 11.3 Å². The van der Waals surface area contributed by atoms with Crippen LogP contribution in [0.15, 0.2) is 16.4 Å². The third kappa shape index (κ3) is 5.72. The fourth-order valence-electron chi connectivity index (χ4n) is 3.13. The van der Waals surface area contributed by atoms with Gasteiger partial charge in [-0.05, 0) is 16.0 Å². The van der Waals surface area contributed by atoms with Gasteiger partial charge in [-0.15, -0.1) is 28.6 Å². The molecule has 0 bridgehead atoms. The van der Waals surface area contributed by atoms with Crippen molar-refractivity contribution in [2.45, 2.75) is 22.3 Å². The van der Waals surface area contributed by atoms with Crippen molar-refractivity contribution in [1.29, 1.82) is 0 Å². The number of amides is 2. The standard InChI is InChI=1S/C16H21N7O7S3.Na/c1-22-15(19-20-21-22)33-4-7-3-32-14-16(30-2,13(29)23(14)10(7)12(27)28)18-9(24)6-31-5-8(17)11(25)26;/h8,14H,3-6,17H2,1-2H3,(H,18,24)(H,25,26)(H,27,28);/q;+1/p-1/t8-,14+,16-;/m0./s1. The molecule has 3 rings (SSSR count). The molecule has 0 aromatic carbocycles. The topological polar surface area (TPSA) is 206 Å². The average Bonchev–Trinajstić information content (AvgIpc) is 3.19. The molecular weight excluding hydrogens is 521 g/mol. The van der Waals surface area contributed by atoms with Crippen LogP contribution in [0.4, 0.5) is 0 Å². The van der Waals surface area contributed by atoms with Crippen LogP contribution in [0, 0.1) is 0 Å². The van der Waals surface area contributed by atoms with Gasteiger partial charge in [0.25, 0.3) is 11.6 Å². The second-order valence-electron chi connectivity index (χ2n) is 6.90. The van der Waals surface area contributed by atoms with E-state index in [0.29, 0.717) is 10.7 Å². The summed E-state index contributed by atoms with van der Waals surface area (Å²) < 4.78 is 6.78. The molecule has 3 heterocycles. The van der Waals surface area contributed by atoms with Crippen molar-refractivity contribution < 1.29 is 63.7 Å². The summed E-state index contributed by atoms with van der Waals surface area (Å²) in [5.41, 5.74) is 3.84. The molecule has 4 N–H and O–H groups in total. The number of aryl methyl sites for hydroxylation is 1. The number of carbonyl (C=O) groups excluding carboxylic acids is 3. The number of hydrogen-bond donors (Lipinski definition) is 3. The number of carboxylic acids is 2. The first kappa shape index (κ1) is 28.9. The second-order valence-corrected chi connectivity index (χ2v) is 9.94. The van der Waals surface area contributed by atoms with Crippen molar-refractivity contribution >= 4 is 59.0 Å².